The molecule has 0 aliphatic carbocycles. The van der Waals surface area contributed by atoms with Gasteiger partial charge in [-0.25, -0.2) is 0 Å². The third kappa shape index (κ3) is 4.49. The summed E-state index contributed by atoms with van der Waals surface area (Å²) < 4.78 is 5.79. The molecule has 1 heterocycles. The van der Waals surface area contributed by atoms with Crippen LogP contribution < -0.4 is 5.32 Å². The SMILES string of the molecule is CNC(C)c1cccc(SCC2CN(C)CCO2)c1. The number of morpholine rings is 1. The highest BCUT2D eigenvalue weighted by atomic mass is 32.2. The molecule has 0 saturated carbocycles. The Kier molecular flexibility index (Phi) is 5.70. The number of rotatable bonds is 5. The van der Waals surface area contributed by atoms with Crippen LogP contribution in [0.5, 0.6) is 0 Å². The lowest BCUT2D eigenvalue weighted by molar-refractivity contribution is -0.00598. The molecule has 1 aromatic carbocycles. The Morgan fingerprint density at radius 3 is 3.11 bits per heavy atom. The van der Waals surface area contributed by atoms with Gasteiger partial charge in [0, 0.05) is 29.8 Å². The topological polar surface area (TPSA) is 24.5 Å². The lowest BCUT2D eigenvalue weighted by Crippen LogP contribution is -2.41. The number of thioether (sulfide) groups is 1. The summed E-state index contributed by atoms with van der Waals surface area (Å²) >= 11 is 1.89. The molecule has 0 spiro atoms. The van der Waals surface area contributed by atoms with Gasteiger partial charge in [-0.1, -0.05) is 12.1 Å². The monoisotopic (exact) mass is 280 g/mol. The van der Waals surface area contributed by atoms with Crippen molar-refractivity contribution < 1.29 is 4.74 Å². The maximum absolute atomic E-state index is 5.79. The van der Waals surface area contributed by atoms with E-state index < -0.39 is 0 Å². The van der Waals surface area contributed by atoms with Gasteiger partial charge in [0.2, 0.25) is 0 Å². The fraction of sp³-hybridized carbons (Fsp3) is 0.600. The third-order valence-corrected chi connectivity index (χ3v) is 4.69. The number of likely N-dealkylation sites (N-methyl/N-ethyl adjacent to an activating group) is 1. The molecule has 2 atom stereocenters. The Balaban J connectivity index is 1.88. The van der Waals surface area contributed by atoms with Crippen LogP contribution in [0.25, 0.3) is 0 Å². The van der Waals surface area contributed by atoms with E-state index in [1.807, 2.05) is 18.8 Å². The first kappa shape index (κ1) is 14.9. The van der Waals surface area contributed by atoms with Crippen LogP contribution in [0.2, 0.25) is 0 Å². The van der Waals surface area contributed by atoms with Crippen LogP contribution >= 0.6 is 11.8 Å². The van der Waals surface area contributed by atoms with Crippen LogP contribution in [0.4, 0.5) is 0 Å². The fourth-order valence-electron chi connectivity index (χ4n) is 2.20. The van der Waals surface area contributed by atoms with Crippen LogP contribution in [0.1, 0.15) is 18.5 Å². The van der Waals surface area contributed by atoms with E-state index in [1.165, 1.54) is 10.5 Å². The van der Waals surface area contributed by atoms with Crippen LogP contribution in [-0.4, -0.2) is 50.5 Å². The summed E-state index contributed by atoms with van der Waals surface area (Å²) in [7, 11) is 4.16. The van der Waals surface area contributed by atoms with Gasteiger partial charge >= 0.3 is 0 Å². The zero-order valence-corrected chi connectivity index (χ0v) is 12.9. The van der Waals surface area contributed by atoms with Crippen molar-refractivity contribution in [2.45, 2.75) is 24.0 Å². The van der Waals surface area contributed by atoms with Gasteiger partial charge in [0.05, 0.1) is 12.7 Å². The van der Waals surface area contributed by atoms with Crippen LogP contribution in [0, 0.1) is 0 Å². The largest absolute Gasteiger partial charge is 0.375 e. The third-order valence-electron chi connectivity index (χ3n) is 3.57. The van der Waals surface area contributed by atoms with Crippen molar-refractivity contribution in [3.05, 3.63) is 29.8 Å². The van der Waals surface area contributed by atoms with E-state index >= 15 is 0 Å². The van der Waals surface area contributed by atoms with Crippen molar-refractivity contribution in [3.63, 3.8) is 0 Å². The number of nitrogens with zero attached hydrogens (tertiary/aromatic N) is 1. The molecule has 106 valence electrons. The molecule has 3 nitrogen and oxygen atoms in total. The van der Waals surface area contributed by atoms with E-state index in [4.69, 9.17) is 4.74 Å². The van der Waals surface area contributed by atoms with E-state index in [-0.39, 0.29) is 0 Å². The molecule has 1 N–H and O–H groups in total. The van der Waals surface area contributed by atoms with E-state index in [0.29, 0.717) is 12.1 Å². The molecule has 0 aromatic heterocycles. The molecule has 1 aromatic rings. The number of hydrogen-bond acceptors (Lipinski definition) is 4. The van der Waals surface area contributed by atoms with Crippen molar-refractivity contribution in [2.75, 3.05) is 39.5 Å². The smallest absolute Gasteiger partial charge is 0.0796 e. The van der Waals surface area contributed by atoms with Gasteiger partial charge in [0.1, 0.15) is 0 Å². The van der Waals surface area contributed by atoms with Crippen LogP contribution in [-0.2, 0) is 4.74 Å². The minimum absolute atomic E-state index is 0.356. The van der Waals surface area contributed by atoms with Gasteiger partial charge < -0.3 is 15.0 Å². The van der Waals surface area contributed by atoms with Crippen molar-refractivity contribution >= 4 is 11.8 Å². The van der Waals surface area contributed by atoms with Gasteiger partial charge in [-0.2, -0.15) is 0 Å². The summed E-state index contributed by atoms with van der Waals surface area (Å²) in [6.07, 6.45) is 0.356. The van der Waals surface area contributed by atoms with Crippen molar-refractivity contribution in [3.8, 4) is 0 Å². The quantitative estimate of drug-likeness (QED) is 0.837. The van der Waals surface area contributed by atoms with Crippen LogP contribution in [0.3, 0.4) is 0 Å². The average Bonchev–Trinajstić information content (AvgIpc) is 2.45. The van der Waals surface area contributed by atoms with Crippen molar-refractivity contribution in [1.29, 1.82) is 0 Å². The molecular formula is C15H24N2OS. The molecule has 2 unspecified atom stereocenters. The average molecular weight is 280 g/mol. The summed E-state index contributed by atoms with van der Waals surface area (Å²) in [5, 5.41) is 3.28. The maximum Gasteiger partial charge on any atom is 0.0796 e. The first-order valence-corrected chi connectivity index (χ1v) is 7.88. The van der Waals surface area contributed by atoms with Gasteiger partial charge in [0.15, 0.2) is 0 Å². The molecule has 0 bridgehead atoms. The molecule has 0 radical (unpaired) electrons. The molecule has 1 saturated heterocycles. The zero-order valence-electron chi connectivity index (χ0n) is 12.1. The molecule has 1 aliphatic heterocycles. The second-order valence-electron chi connectivity index (χ2n) is 5.15. The highest BCUT2D eigenvalue weighted by Gasteiger charge is 2.17. The van der Waals surface area contributed by atoms with Crippen molar-refractivity contribution in [2.24, 2.45) is 0 Å². The first-order valence-electron chi connectivity index (χ1n) is 6.89. The molecule has 4 heteroatoms. The number of hydrogen-bond donors (Lipinski definition) is 1. The molecule has 2 rings (SSSR count). The second kappa shape index (κ2) is 7.29. The second-order valence-corrected chi connectivity index (χ2v) is 6.24. The Bertz CT molecular complexity index is 399. The Morgan fingerprint density at radius 1 is 1.53 bits per heavy atom. The van der Waals surface area contributed by atoms with E-state index in [9.17, 15) is 0 Å². The van der Waals surface area contributed by atoms with E-state index in [2.05, 4.69) is 48.5 Å². The Labute approximate surface area is 120 Å². The highest BCUT2D eigenvalue weighted by Crippen LogP contribution is 2.24. The number of ether oxygens (including phenoxy) is 1. The van der Waals surface area contributed by atoms with Gasteiger partial charge in [-0.15, -0.1) is 11.8 Å². The predicted molar refractivity (Wildman–Crippen MR) is 81.9 cm³/mol. The molecular weight excluding hydrogens is 256 g/mol. The van der Waals surface area contributed by atoms with E-state index in [0.717, 1.165) is 25.4 Å². The lowest BCUT2D eigenvalue weighted by atomic mass is 10.1. The number of nitrogens with one attached hydrogen (secondary N) is 1. The lowest BCUT2D eigenvalue weighted by Gasteiger charge is -2.29. The summed E-state index contributed by atoms with van der Waals surface area (Å²) in [6, 6.07) is 9.18. The fourth-order valence-corrected chi connectivity index (χ4v) is 3.17. The normalized spacial score (nSPS) is 22.4. The minimum Gasteiger partial charge on any atom is -0.375 e. The summed E-state index contributed by atoms with van der Waals surface area (Å²) in [6.45, 7) is 5.14. The van der Waals surface area contributed by atoms with Gasteiger partial charge in [0.25, 0.3) is 0 Å². The Morgan fingerprint density at radius 2 is 2.37 bits per heavy atom. The molecule has 0 amide bonds. The summed E-state index contributed by atoms with van der Waals surface area (Å²) in [5.74, 6) is 1.03. The summed E-state index contributed by atoms with van der Waals surface area (Å²) in [4.78, 5) is 3.67. The van der Waals surface area contributed by atoms with E-state index in [1.54, 1.807) is 0 Å². The number of benzene rings is 1. The standard InChI is InChI=1S/C15H24N2OS/c1-12(16-2)13-5-4-6-15(9-13)19-11-14-10-17(3)7-8-18-14/h4-6,9,12,14,16H,7-8,10-11H2,1-3H3. The van der Waals surface area contributed by atoms with Crippen LogP contribution in [0.15, 0.2) is 29.2 Å². The Hall–Kier alpha value is -0.550. The zero-order chi connectivity index (χ0) is 13.7. The molecule has 19 heavy (non-hydrogen) atoms. The summed E-state index contributed by atoms with van der Waals surface area (Å²) in [5.41, 5.74) is 1.34. The first-order chi connectivity index (χ1) is 9.19. The van der Waals surface area contributed by atoms with Crippen molar-refractivity contribution in [1.82, 2.24) is 10.2 Å². The van der Waals surface area contributed by atoms with Gasteiger partial charge in [-0.05, 0) is 38.7 Å². The maximum atomic E-state index is 5.79. The highest BCUT2D eigenvalue weighted by molar-refractivity contribution is 7.99. The van der Waals surface area contributed by atoms with Gasteiger partial charge in [-0.3, -0.25) is 0 Å². The minimum atomic E-state index is 0.356. The predicted octanol–water partition coefficient (Wildman–Crippen LogP) is 2.39. The molecule has 1 fully saturated rings. The molecule has 1 aliphatic rings.